The molecule has 3 rings (SSSR count). The van der Waals surface area contributed by atoms with E-state index < -0.39 is 23.6 Å². The van der Waals surface area contributed by atoms with Crippen LogP contribution in [-0.4, -0.2) is 97.1 Å². The summed E-state index contributed by atoms with van der Waals surface area (Å²) >= 11 is 1.58. The van der Waals surface area contributed by atoms with E-state index in [4.69, 9.17) is 20.6 Å². The number of hydrogen-bond acceptors (Lipinski definition) is 9. The van der Waals surface area contributed by atoms with Crippen molar-refractivity contribution in [2.24, 2.45) is 5.41 Å². The van der Waals surface area contributed by atoms with E-state index in [0.29, 0.717) is 46.0 Å². The van der Waals surface area contributed by atoms with Crippen LogP contribution in [0.4, 0.5) is 0 Å². The molecule has 11 nitrogen and oxygen atoms in total. The molecule has 52 heavy (non-hydrogen) atoms. The highest BCUT2D eigenvalue weighted by atomic mass is 32.1. The number of ether oxygens (including phenoxy) is 3. The van der Waals surface area contributed by atoms with E-state index in [0.717, 1.165) is 73.3 Å². The molecule has 1 aliphatic heterocycles. The molecule has 1 aromatic heterocycles. The highest BCUT2D eigenvalue weighted by Gasteiger charge is 2.44. The van der Waals surface area contributed by atoms with Gasteiger partial charge in [-0.3, -0.25) is 14.4 Å². The number of thiazole rings is 1. The Kier molecular flexibility index (Phi) is 19.3. The van der Waals surface area contributed by atoms with Crippen molar-refractivity contribution in [1.82, 2.24) is 20.5 Å². The Labute approximate surface area is 314 Å². The van der Waals surface area contributed by atoms with Crippen LogP contribution in [0.5, 0.6) is 0 Å². The van der Waals surface area contributed by atoms with Gasteiger partial charge in [-0.05, 0) is 49.1 Å². The van der Waals surface area contributed by atoms with E-state index in [9.17, 15) is 19.5 Å². The number of hydrogen-bond donors (Lipinski definition) is 3. The zero-order chi connectivity index (χ0) is 37.8. The van der Waals surface area contributed by atoms with Crippen molar-refractivity contribution in [2.45, 2.75) is 117 Å². The molecule has 1 saturated heterocycles. The lowest BCUT2D eigenvalue weighted by Gasteiger charge is -2.35. The molecule has 0 unspecified atom stereocenters. The van der Waals surface area contributed by atoms with Gasteiger partial charge in [-0.2, -0.15) is 0 Å². The van der Waals surface area contributed by atoms with Crippen molar-refractivity contribution < 1.29 is 33.7 Å². The topological polar surface area (TPSA) is 139 Å². The van der Waals surface area contributed by atoms with E-state index in [1.807, 2.05) is 57.5 Å². The highest BCUT2D eigenvalue weighted by molar-refractivity contribution is 7.13. The summed E-state index contributed by atoms with van der Waals surface area (Å²) in [7, 11) is 0. The molecule has 0 bridgehead atoms. The Hall–Kier alpha value is -3.34. The molecule has 1 fully saturated rings. The summed E-state index contributed by atoms with van der Waals surface area (Å²) < 4.78 is 16.8. The average Bonchev–Trinajstić information content (AvgIpc) is 3.73. The molecule has 0 spiro atoms. The quantitative estimate of drug-likeness (QED) is 0.0959. The lowest BCUT2D eigenvalue weighted by molar-refractivity contribution is -0.144. The van der Waals surface area contributed by atoms with E-state index in [1.165, 1.54) is 4.90 Å². The standard InChI is InChI=1S/C40H60N4O7S/c1-6-7-8-9-10-13-20-49-22-24-51-25-23-50-21-14-11-12-15-35(46)43-37(40(3,4)5)39(48)44-28-33(45)26-34(44)38(47)41-27-31-16-18-32(19-17-31)36-30(2)42-29-52-36/h1,16-19,29,33-34,37,45H,7-15,20-28H2,2-5H3,(H,41,47)(H,43,46)/t33-,34+,37-/m1/s1. The number of amides is 3. The SMILES string of the molecule is C#CCCCCCCOCCOCCOCCCCCC(=O)N[C@H](C(=O)N1C[C@H](O)C[C@H]1C(=O)NCc1ccc(-c2scnc2C)cc1)C(C)(C)C. The molecule has 12 heteroatoms. The number of aliphatic hydroxyl groups excluding tert-OH is 1. The molecule has 0 radical (unpaired) electrons. The number of nitrogens with zero attached hydrogens (tertiary/aromatic N) is 2. The van der Waals surface area contributed by atoms with Crippen LogP contribution in [-0.2, 0) is 35.1 Å². The molecule has 3 N–H and O–H groups in total. The zero-order valence-corrected chi connectivity index (χ0v) is 32.4. The molecule has 2 aromatic rings. The Morgan fingerprint density at radius 2 is 1.58 bits per heavy atom. The van der Waals surface area contributed by atoms with Gasteiger partial charge in [0.05, 0.1) is 48.6 Å². The molecule has 0 saturated carbocycles. The largest absolute Gasteiger partial charge is 0.391 e. The summed E-state index contributed by atoms with van der Waals surface area (Å²) in [6.07, 6.45) is 12.4. The minimum absolute atomic E-state index is 0.0374. The number of aryl methyl sites for hydroxylation is 1. The van der Waals surface area contributed by atoms with Crippen LogP contribution >= 0.6 is 11.3 Å². The predicted octanol–water partition coefficient (Wildman–Crippen LogP) is 5.42. The minimum Gasteiger partial charge on any atom is -0.391 e. The van der Waals surface area contributed by atoms with Gasteiger partial charge < -0.3 is 34.9 Å². The Balaban J connectivity index is 1.32. The van der Waals surface area contributed by atoms with Crippen LogP contribution in [0, 0.1) is 24.7 Å². The third kappa shape index (κ3) is 15.3. The average molecular weight is 741 g/mol. The van der Waals surface area contributed by atoms with E-state index in [2.05, 4.69) is 21.5 Å². The van der Waals surface area contributed by atoms with Crippen molar-refractivity contribution >= 4 is 29.1 Å². The van der Waals surface area contributed by atoms with Gasteiger partial charge in [0.15, 0.2) is 0 Å². The van der Waals surface area contributed by atoms with Gasteiger partial charge in [0.1, 0.15) is 12.1 Å². The van der Waals surface area contributed by atoms with Crippen LogP contribution in [0.25, 0.3) is 10.4 Å². The number of terminal acetylenes is 1. The Bertz CT molecular complexity index is 1400. The summed E-state index contributed by atoms with van der Waals surface area (Å²) in [6, 6.07) is 6.26. The third-order valence-electron chi connectivity index (χ3n) is 9.01. The first kappa shape index (κ1) is 43.1. The molecule has 3 amide bonds. The van der Waals surface area contributed by atoms with Gasteiger partial charge in [-0.15, -0.1) is 23.7 Å². The number of rotatable bonds is 24. The third-order valence-corrected chi connectivity index (χ3v) is 9.99. The number of aromatic nitrogens is 1. The second-order valence-electron chi connectivity index (χ2n) is 14.5. The lowest BCUT2D eigenvalue weighted by atomic mass is 9.85. The molecular weight excluding hydrogens is 681 g/mol. The molecule has 1 aliphatic rings. The van der Waals surface area contributed by atoms with Crippen LogP contribution in [0.3, 0.4) is 0 Å². The zero-order valence-electron chi connectivity index (χ0n) is 31.6. The fourth-order valence-electron chi connectivity index (χ4n) is 6.01. The fraction of sp³-hybridized carbons (Fsp3) is 0.650. The number of β-amino-alcohol motifs (C(OH)–C–C–N with tert-alkyl or cyclic N) is 1. The number of nitrogens with one attached hydrogen (secondary N) is 2. The van der Waals surface area contributed by atoms with E-state index in [1.54, 1.807) is 11.3 Å². The van der Waals surface area contributed by atoms with Gasteiger partial charge in [-0.25, -0.2) is 4.98 Å². The molecule has 0 aliphatic carbocycles. The molecule has 2 heterocycles. The first-order valence-corrected chi connectivity index (χ1v) is 19.6. The number of carbonyl (C=O) groups is 3. The normalized spacial score (nSPS) is 16.4. The minimum atomic E-state index is -0.846. The Morgan fingerprint density at radius 1 is 0.962 bits per heavy atom. The maximum atomic E-state index is 13.9. The van der Waals surface area contributed by atoms with Crippen LogP contribution in [0.1, 0.15) is 96.2 Å². The van der Waals surface area contributed by atoms with Gasteiger partial charge in [0, 0.05) is 45.6 Å². The van der Waals surface area contributed by atoms with E-state index >= 15 is 0 Å². The molecular formula is C40H60N4O7S. The lowest BCUT2D eigenvalue weighted by Crippen LogP contribution is -2.57. The molecule has 3 atom stereocenters. The second kappa shape index (κ2) is 23.4. The molecule has 1 aromatic carbocycles. The van der Waals surface area contributed by atoms with Gasteiger partial charge in [-0.1, -0.05) is 64.3 Å². The number of unbranched alkanes of at least 4 members (excludes halogenated alkanes) is 6. The Morgan fingerprint density at radius 3 is 2.17 bits per heavy atom. The maximum absolute atomic E-state index is 13.9. The monoisotopic (exact) mass is 740 g/mol. The van der Waals surface area contributed by atoms with Gasteiger partial charge in [0.25, 0.3) is 0 Å². The van der Waals surface area contributed by atoms with Crippen LogP contribution in [0.15, 0.2) is 29.8 Å². The van der Waals surface area contributed by atoms with Crippen molar-refractivity contribution in [2.75, 3.05) is 46.2 Å². The number of likely N-dealkylation sites (tertiary alicyclic amines) is 1. The fourth-order valence-corrected chi connectivity index (χ4v) is 6.82. The van der Waals surface area contributed by atoms with Crippen molar-refractivity contribution in [3.05, 3.63) is 41.0 Å². The maximum Gasteiger partial charge on any atom is 0.246 e. The number of benzene rings is 1. The van der Waals surface area contributed by atoms with Gasteiger partial charge in [0.2, 0.25) is 17.7 Å². The van der Waals surface area contributed by atoms with Crippen molar-refractivity contribution in [3.8, 4) is 22.8 Å². The van der Waals surface area contributed by atoms with E-state index in [-0.39, 0.29) is 37.1 Å². The summed E-state index contributed by atoms with van der Waals surface area (Å²) in [5, 5.41) is 16.4. The van der Waals surface area contributed by atoms with Crippen molar-refractivity contribution in [3.63, 3.8) is 0 Å². The second-order valence-corrected chi connectivity index (χ2v) is 15.3. The summed E-state index contributed by atoms with van der Waals surface area (Å²) in [4.78, 5) is 47.0. The van der Waals surface area contributed by atoms with Crippen LogP contribution in [0.2, 0.25) is 0 Å². The smallest absolute Gasteiger partial charge is 0.246 e. The van der Waals surface area contributed by atoms with Gasteiger partial charge >= 0.3 is 0 Å². The number of aliphatic hydroxyl groups is 1. The first-order valence-electron chi connectivity index (χ1n) is 18.7. The predicted molar refractivity (Wildman–Crippen MR) is 204 cm³/mol. The molecule has 288 valence electrons. The summed E-state index contributed by atoms with van der Waals surface area (Å²) in [5.74, 6) is 1.75. The van der Waals surface area contributed by atoms with Crippen molar-refractivity contribution in [1.29, 1.82) is 0 Å². The summed E-state index contributed by atoms with van der Waals surface area (Å²) in [6.45, 7) is 11.4. The van der Waals surface area contributed by atoms with Crippen LogP contribution < -0.4 is 10.6 Å². The highest BCUT2D eigenvalue weighted by Crippen LogP contribution is 2.28. The number of carbonyl (C=O) groups excluding carboxylic acids is 3. The summed E-state index contributed by atoms with van der Waals surface area (Å²) in [5.41, 5.74) is 4.18. The first-order chi connectivity index (χ1) is 25.0.